The van der Waals surface area contributed by atoms with E-state index in [9.17, 15) is 4.79 Å². The highest BCUT2D eigenvalue weighted by Crippen LogP contribution is 2.18. The molecule has 1 N–H and O–H groups in total. The third kappa shape index (κ3) is 3.54. The van der Waals surface area contributed by atoms with Crippen LogP contribution in [0.15, 0.2) is 36.4 Å². The molecule has 1 amide bonds. The van der Waals surface area contributed by atoms with Gasteiger partial charge in [-0.15, -0.1) is 10.2 Å². The summed E-state index contributed by atoms with van der Waals surface area (Å²) in [5, 5.41) is 11.9. The van der Waals surface area contributed by atoms with Gasteiger partial charge in [0.2, 0.25) is 0 Å². The smallest absolute Gasteiger partial charge is 0.274 e. The highest BCUT2D eigenvalue weighted by molar-refractivity contribution is 6.30. The molecule has 0 aliphatic carbocycles. The average molecular weight is 317 g/mol. The molecule has 5 nitrogen and oxygen atoms in total. The number of carbonyl (C=O) groups excluding carboxylic acids is 1. The van der Waals surface area contributed by atoms with Crippen LogP contribution in [0, 0.1) is 0 Å². The molecule has 3 rings (SSSR count). The molecule has 1 saturated heterocycles. The Morgan fingerprint density at radius 3 is 2.36 bits per heavy atom. The maximum atomic E-state index is 12.3. The van der Waals surface area contributed by atoms with Gasteiger partial charge in [0.1, 0.15) is 0 Å². The number of likely N-dealkylation sites (tertiary alicyclic amines) is 1. The third-order valence-electron chi connectivity index (χ3n) is 3.64. The number of benzene rings is 1. The fourth-order valence-electron chi connectivity index (χ4n) is 2.45. The molecule has 6 heteroatoms. The van der Waals surface area contributed by atoms with E-state index in [1.165, 1.54) is 6.42 Å². The molecule has 0 radical (unpaired) electrons. The van der Waals surface area contributed by atoms with Crippen molar-refractivity contribution in [3.05, 3.63) is 47.1 Å². The second kappa shape index (κ2) is 6.75. The lowest BCUT2D eigenvalue weighted by Gasteiger charge is -2.26. The van der Waals surface area contributed by atoms with Crippen molar-refractivity contribution in [2.45, 2.75) is 19.3 Å². The van der Waals surface area contributed by atoms with Crippen molar-refractivity contribution in [1.29, 1.82) is 0 Å². The van der Waals surface area contributed by atoms with Gasteiger partial charge in [0.05, 0.1) is 0 Å². The summed E-state index contributed by atoms with van der Waals surface area (Å²) in [6, 6.07) is 10.8. The first-order valence-corrected chi connectivity index (χ1v) is 7.76. The van der Waals surface area contributed by atoms with Gasteiger partial charge in [-0.05, 0) is 55.7 Å². The molecular formula is C16H17ClN4O. The molecule has 0 saturated carbocycles. The minimum absolute atomic E-state index is 0.0368. The molecule has 2 aromatic rings. The Labute approximate surface area is 134 Å². The van der Waals surface area contributed by atoms with E-state index in [0.717, 1.165) is 31.6 Å². The molecule has 1 aliphatic heterocycles. The fraction of sp³-hybridized carbons (Fsp3) is 0.312. The second-order valence-electron chi connectivity index (χ2n) is 5.29. The topological polar surface area (TPSA) is 58.1 Å². The van der Waals surface area contributed by atoms with Crippen LogP contribution in [0.3, 0.4) is 0 Å². The summed E-state index contributed by atoms with van der Waals surface area (Å²) in [6.45, 7) is 1.62. The number of hydrogen-bond acceptors (Lipinski definition) is 4. The fourth-order valence-corrected chi connectivity index (χ4v) is 2.58. The van der Waals surface area contributed by atoms with Gasteiger partial charge in [-0.1, -0.05) is 11.6 Å². The zero-order valence-corrected chi connectivity index (χ0v) is 12.9. The highest BCUT2D eigenvalue weighted by Gasteiger charge is 2.19. The minimum Gasteiger partial charge on any atom is -0.339 e. The zero-order chi connectivity index (χ0) is 15.4. The summed E-state index contributed by atoms with van der Waals surface area (Å²) in [5.74, 6) is 0.558. The summed E-state index contributed by atoms with van der Waals surface area (Å²) in [6.07, 6.45) is 3.32. The van der Waals surface area contributed by atoms with E-state index in [1.807, 2.05) is 17.0 Å². The Kier molecular flexibility index (Phi) is 4.53. The van der Waals surface area contributed by atoms with Crippen molar-refractivity contribution in [2.24, 2.45) is 0 Å². The number of hydrogen-bond donors (Lipinski definition) is 1. The number of nitrogens with zero attached hydrogens (tertiary/aromatic N) is 3. The van der Waals surface area contributed by atoms with E-state index < -0.39 is 0 Å². The average Bonchev–Trinajstić information content (AvgIpc) is 2.58. The number of nitrogens with one attached hydrogen (secondary N) is 1. The van der Waals surface area contributed by atoms with Crippen LogP contribution in [0.25, 0.3) is 0 Å². The van der Waals surface area contributed by atoms with E-state index in [4.69, 9.17) is 11.6 Å². The Bertz CT molecular complexity index is 636. The summed E-state index contributed by atoms with van der Waals surface area (Å²) >= 11 is 5.85. The number of piperidine rings is 1. The van der Waals surface area contributed by atoms with Gasteiger partial charge in [-0.2, -0.15) is 0 Å². The Balaban J connectivity index is 1.66. The normalized spacial score (nSPS) is 14.7. The van der Waals surface area contributed by atoms with Gasteiger partial charge in [0.25, 0.3) is 5.91 Å². The Hall–Kier alpha value is -2.14. The second-order valence-corrected chi connectivity index (χ2v) is 5.73. The van der Waals surface area contributed by atoms with Crippen LogP contribution < -0.4 is 5.32 Å². The lowest BCUT2D eigenvalue weighted by atomic mass is 10.1. The van der Waals surface area contributed by atoms with Crippen LogP contribution >= 0.6 is 11.6 Å². The number of anilines is 2. The largest absolute Gasteiger partial charge is 0.339 e. The molecule has 0 bridgehead atoms. The molecule has 1 aliphatic rings. The maximum Gasteiger partial charge on any atom is 0.274 e. The van der Waals surface area contributed by atoms with Crippen LogP contribution in [0.4, 0.5) is 11.5 Å². The van der Waals surface area contributed by atoms with E-state index in [-0.39, 0.29) is 5.91 Å². The Morgan fingerprint density at radius 1 is 1.00 bits per heavy atom. The number of halogens is 1. The first kappa shape index (κ1) is 14.8. The van der Waals surface area contributed by atoms with Gasteiger partial charge in [0.15, 0.2) is 11.5 Å². The number of amides is 1. The van der Waals surface area contributed by atoms with Crippen molar-refractivity contribution in [1.82, 2.24) is 15.1 Å². The van der Waals surface area contributed by atoms with Gasteiger partial charge >= 0.3 is 0 Å². The molecule has 114 valence electrons. The monoisotopic (exact) mass is 316 g/mol. The van der Waals surface area contributed by atoms with Crippen LogP contribution in [0.5, 0.6) is 0 Å². The molecule has 0 atom stereocenters. The van der Waals surface area contributed by atoms with Crippen molar-refractivity contribution >= 4 is 29.0 Å². The zero-order valence-electron chi connectivity index (χ0n) is 12.1. The first-order chi connectivity index (χ1) is 10.7. The quantitative estimate of drug-likeness (QED) is 0.941. The molecular weight excluding hydrogens is 300 g/mol. The molecule has 0 spiro atoms. The molecule has 2 heterocycles. The van der Waals surface area contributed by atoms with Crippen LogP contribution in [-0.4, -0.2) is 34.1 Å². The highest BCUT2D eigenvalue weighted by atomic mass is 35.5. The molecule has 22 heavy (non-hydrogen) atoms. The van der Waals surface area contributed by atoms with Crippen molar-refractivity contribution < 1.29 is 4.79 Å². The first-order valence-electron chi connectivity index (χ1n) is 7.38. The van der Waals surface area contributed by atoms with Crippen molar-refractivity contribution in [2.75, 3.05) is 18.4 Å². The van der Waals surface area contributed by atoms with Crippen molar-refractivity contribution in [3.63, 3.8) is 0 Å². The van der Waals surface area contributed by atoms with E-state index in [2.05, 4.69) is 15.5 Å². The predicted molar refractivity (Wildman–Crippen MR) is 86.5 cm³/mol. The summed E-state index contributed by atoms with van der Waals surface area (Å²) < 4.78 is 0. The van der Waals surface area contributed by atoms with Gasteiger partial charge in [-0.3, -0.25) is 4.79 Å². The molecule has 1 aromatic carbocycles. The summed E-state index contributed by atoms with van der Waals surface area (Å²) in [5.41, 5.74) is 1.26. The molecule has 1 fully saturated rings. The van der Waals surface area contributed by atoms with E-state index in [0.29, 0.717) is 16.5 Å². The van der Waals surface area contributed by atoms with Crippen molar-refractivity contribution in [3.8, 4) is 0 Å². The summed E-state index contributed by atoms with van der Waals surface area (Å²) in [4.78, 5) is 14.1. The maximum absolute atomic E-state index is 12.3. The van der Waals surface area contributed by atoms with E-state index in [1.54, 1.807) is 24.3 Å². The van der Waals surface area contributed by atoms with Crippen LogP contribution in [0.2, 0.25) is 5.02 Å². The number of rotatable bonds is 3. The lowest BCUT2D eigenvalue weighted by molar-refractivity contribution is 0.0717. The molecule has 0 unspecified atom stereocenters. The third-order valence-corrected chi connectivity index (χ3v) is 3.90. The SMILES string of the molecule is O=C(c1ccc(Nc2ccc(Cl)cc2)nn1)N1CCCCC1. The standard InChI is InChI=1S/C16H17ClN4O/c17-12-4-6-13(7-5-12)18-15-9-8-14(19-20-15)16(22)21-10-2-1-3-11-21/h4-9H,1-3,10-11H2,(H,18,20). The van der Waals surface area contributed by atoms with Crippen LogP contribution in [-0.2, 0) is 0 Å². The predicted octanol–water partition coefficient (Wildman–Crippen LogP) is 3.50. The van der Waals surface area contributed by atoms with Gasteiger partial charge in [-0.25, -0.2) is 0 Å². The van der Waals surface area contributed by atoms with Crippen LogP contribution in [0.1, 0.15) is 29.8 Å². The lowest BCUT2D eigenvalue weighted by Crippen LogP contribution is -2.36. The molecule has 1 aromatic heterocycles. The summed E-state index contributed by atoms with van der Waals surface area (Å²) in [7, 11) is 0. The Morgan fingerprint density at radius 2 is 1.73 bits per heavy atom. The van der Waals surface area contributed by atoms with E-state index >= 15 is 0 Å². The van der Waals surface area contributed by atoms with Gasteiger partial charge in [0, 0.05) is 23.8 Å². The number of aromatic nitrogens is 2. The minimum atomic E-state index is -0.0368. The van der Waals surface area contributed by atoms with Gasteiger partial charge < -0.3 is 10.2 Å². The number of carbonyl (C=O) groups is 1.